The van der Waals surface area contributed by atoms with Crippen molar-refractivity contribution in [1.29, 1.82) is 0 Å². The van der Waals surface area contributed by atoms with Gasteiger partial charge in [0.15, 0.2) is 36.9 Å². The molecule has 0 radical (unpaired) electrons. The molecule has 0 spiro atoms. The molecule has 16 nitrogen and oxygen atoms in total. The number of carbonyl (C=O) groups is 2. The Labute approximate surface area is 438 Å². The standard InChI is InChI=1S/C55H102O16S/c1-6-8-10-12-14-16-18-20-21-22-24-25-27-29-31-33-35-41(3)37-42(4)38-43(5)53(62)67-50-48(60)45(40-57)65-55(68-54-51(69-72-71-70-63)49(61)47(59)44(39-56)64-54)52(50)66-46(58)36-34-32-30-28-26-23-19-17-15-13-11-9-7-2/h38,41-42,44-45,47-52,54-57,59-61,63H,6-37,39-40H2,1-5H3/b43-38+/t41-,42-,44?,45?,47?,48?,49?,50?,51?,52?,54?,55?/m0/s1. The van der Waals surface area contributed by atoms with Gasteiger partial charge in [-0.2, -0.15) is 0 Å². The molecule has 2 aliphatic rings. The van der Waals surface area contributed by atoms with Crippen molar-refractivity contribution in [2.45, 2.75) is 301 Å². The van der Waals surface area contributed by atoms with Gasteiger partial charge in [0, 0.05) is 12.0 Å². The van der Waals surface area contributed by atoms with Gasteiger partial charge in [-0.15, -0.1) is 4.33 Å². The second-order valence-corrected chi connectivity index (χ2v) is 21.4. The third-order valence-corrected chi connectivity index (χ3v) is 14.7. The third kappa shape index (κ3) is 28.6. The smallest absolute Gasteiger partial charge is 0.333 e. The number of carbonyl (C=O) groups excluding carboxylic acids is 2. The molecule has 10 unspecified atom stereocenters. The van der Waals surface area contributed by atoms with Gasteiger partial charge in [-0.25, -0.2) is 10.1 Å². The highest BCUT2D eigenvalue weighted by molar-refractivity contribution is 7.89. The van der Waals surface area contributed by atoms with E-state index in [1.165, 1.54) is 148 Å². The van der Waals surface area contributed by atoms with Gasteiger partial charge in [0.05, 0.1) is 13.2 Å². The van der Waals surface area contributed by atoms with Crippen LogP contribution in [0.2, 0.25) is 0 Å². The Balaban J connectivity index is 2.02. The Morgan fingerprint density at radius 2 is 1.00 bits per heavy atom. The summed E-state index contributed by atoms with van der Waals surface area (Å²) in [7, 11) is 0. The summed E-state index contributed by atoms with van der Waals surface area (Å²) in [5, 5.41) is 65.5. The lowest BCUT2D eigenvalue weighted by Crippen LogP contribution is -2.65. The zero-order valence-corrected chi connectivity index (χ0v) is 46.0. The topological polar surface area (TPSA) is 229 Å². The molecule has 2 heterocycles. The van der Waals surface area contributed by atoms with Gasteiger partial charge in [0.25, 0.3) is 0 Å². The second-order valence-electron chi connectivity index (χ2n) is 20.9. The van der Waals surface area contributed by atoms with Gasteiger partial charge in [-0.1, -0.05) is 225 Å². The normalized spacial score (nSPS) is 25.6. The summed E-state index contributed by atoms with van der Waals surface area (Å²) >= 11 is 0.0638. The van der Waals surface area contributed by atoms with Crippen LogP contribution in [0, 0.1) is 11.8 Å². The third-order valence-electron chi connectivity index (χ3n) is 14.3. The molecular formula is C55H102O16S. The van der Waals surface area contributed by atoms with Crippen molar-refractivity contribution in [3.05, 3.63) is 11.6 Å². The Hall–Kier alpha value is -1.45. The van der Waals surface area contributed by atoms with Crippen molar-refractivity contribution in [2.24, 2.45) is 11.8 Å². The quantitative estimate of drug-likeness (QED) is 0.00832. The highest BCUT2D eigenvalue weighted by Gasteiger charge is 2.54. The molecule has 0 amide bonds. The predicted molar refractivity (Wildman–Crippen MR) is 279 cm³/mol. The van der Waals surface area contributed by atoms with Crippen LogP contribution in [0.1, 0.15) is 240 Å². The van der Waals surface area contributed by atoms with Crippen LogP contribution in [0.3, 0.4) is 0 Å². The molecule has 424 valence electrons. The Kier molecular flexibility index (Phi) is 39.5. The first-order valence-corrected chi connectivity index (χ1v) is 29.2. The van der Waals surface area contributed by atoms with E-state index in [4.69, 9.17) is 33.1 Å². The van der Waals surface area contributed by atoms with E-state index in [0.717, 1.165) is 44.9 Å². The summed E-state index contributed by atoms with van der Waals surface area (Å²) in [4.78, 5) is 27.4. The molecule has 2 aliphatic heterocycles. The summed E-state index contributed by atoms with van der Waals surface area (Å²) in [6, 6.07) is 0. The van der Waals surface area contributed by atoms with Crippen molar-refractivity contribution in [3.8, 4) is 0 Å². The number of rotatable bonds is 45. The number of hydrogen-bond donors (Lipinski definition) is 6. The maximum absolute atomic E-state index is 13.8. The first-order valence-electron chi connectivity index (χ1n) is 28.5. The van der Waals surface area contributed by atoms with Gasteiger partial charge >= 0.3 is 11.9 Å². The van der Waals surface area contributed by atoms with Crippen molar-refractivity contribution in [2.75, 3.05) is 13.2 Å². The van der Waals surface area contributed by atoms with Crippen LogP contribution >= 0.6 is 12.3 Å². The molecule has 0 aromatic rings. The fourth-order valence-electron chi connectivity index (χ4n) is 9.96. The van der Waals surface area contributed by atoms with Gasteiger partial charge in [0.1, 0.15) is 30.5 Å². The number of unbranched alkanes of at least 4 members (excludes halogenated alkanes) is 27. The van der Waals surface area contributed by atoms with Crippen molar-refractivity contribution >= 4 is 24.3 Å². The second kappa shape index (κ2) is 42.6. The highest BCUT2D eigenvalue weighted by Crippen LogP contribution is 2.34. The average Bonchev–Trinajstić information content (AvgIpc) is 3.36. The molecule has 2 rings (SSSR count). The molecule has 0 bridgehead atoms. The zero-order valence-electron chi connectivity index (χ0n) is 45.2. The van der Waals surface area contributed by atoms with E-state index >= 15 is 0 Å². The largest absolute Gasteiger partial charge is 0.453 e. The summed E-state index contributed by atoms with van der Waals surface area (Å²) in [6.07, 6.45) is 23.5. The number of ether oxygens (including phenoxy) is 5. The van der Waals surface area contributed by atoms with Gasteiger partial charge in [-0.05, 0) is 31.6 Å². The molecule has 72 heavy (non-hydrogen) atoms. The minimum absolute atomic E-state index is 0.00748. The maximum atomic E-state index is 13.8. The Morgan fingerprint density at radius 3 is 1.46 bits per heavy atom. The maximum Gasteiger partial charge on any atom is 0.333 e. The Morgan fingerprint density at radius 1 is 0.569 bits per heavy atom. The first-order chi connectivity index (χ1) is 34.9. The van der Waals surface area contributed by atoms with Crippen LogP contribution in [0.25, 0.3) is 0 Å². The molecule has 17 heteroatoms. The van der Waals surface area contributed by atoms with Crippen molar-refractivity contribution in [3.63, 3.8) is 0 Å². The van der Waals surface area contributed by atoms with E-state index in [9.17, 15) is 35.1 Å². The van der Waals surface area contributed by atoms with Gasteiger partial charge in [-0.3, -0.25) is 8.98 Å². The number of allylic oxidation sites excluding steroid dienone is 1. The van der Waals surface area contributed by atoms with E-state index in [-0.39, 0.29) is 30.2 Å². The first kappa shape index (κ1) is 66.7. The van der Waals surface area contributed by atoms with Crippen LogP contribution in [0.5, 0.6) is 0 Å². The zero-order chi connectivity index (χ0) is 52.8. The molecule has 0 saturated carbocycles. The summed E-state index contributed by atoms with van der Waals surface area (Å²) < 4.78 is 39.2. The molecule has 0 aromatic carbocycles. The van der Waals surface area contributed by atoms with Crippen molar-refractivity contribution in [1.82, 2.24) is 0 Å². The fourth-order valence-corrected chi connectivity index (χ4v) is 10.3. The average molecular weight is 1050 g/mol. The summed E-state index contributed by atoms with van der Waals surface area (Å²) in [5.74, 6) is -0.992. The lowest BCUT2D eigenvalue weighted by molar-refractivity contribution is -0.435. The van der Waals surface area contributed by atoms with Crippen LogP contribution in [-0.2, 0) is 46.8 Å². The number of hydrogen-bond acceptors (Lipinski definition) is 17. The van der Waals surface area contributed by atoms with Crippen LogP contribution in [0.4, 0.5) is 0 Å². The summed E-state index contributed by atoms with van der Waals surface area (Å²) in [6.45, 7) is 8.87. The molecule has 12 atom stereocenters. The van der Waals surface area contributed by atoms with E-state index in [1.54, 1.807) is 6.92 Å². The van der Waals surface area contributed by atoms with E-state index in [1.807, 2.05) is 13.0 Å². The molecular weight excluding hydrogens is 949 g/mol. The fraction of sp³-hybridized carbons (Fsp3) is 0.927. The highest BCUT2D eigenvalue weighted by atomic mass is 32.2. The lowest BCUT2D eigenvalue weighted by Gasteiger charge is -2.46. The monoisotopic (exact) mass is 1050 g/mol. The van der Waals surface area contributed by atoms with Crippen molar-refractivity contribution < 1.29 is 77.6 Å². The minimum atomic E-state index is -1.77. The minimum Gasteiger partial charge on any atom is -0.453 e. The van der Waals surface area contributed by atoms with E-state index in [0.29, 0.717) is 12.3 Å². The lowest BCUT2D eigenvalue weighted by atomic mass is 9.91. The van der Waals surface area contributed by atoms with Crippen LogP contribution in [-0.4, -0.2) is 117 Å². The number of esters is 2. The molecule has 2 saturated heterocycles. The predicted octanol–water partition coefficient (Wildman–Crippen LogP) is 11.5. The molecule has 0 aliphatic carbocycles. The van der Waals surface area contributed by atoms with Crippen LogP contribution < -0.4 is 0 Å². The van der Waals surface area contributed by atoms with Crippen LogP contribution in [0.15, 0.2) is 11.6 Å². The molecule has 6 N–H and O–H groups in total. The number of aliphatic hydroxyl groups excluding tert-OH is 5. The number of aliphatic hydroxyl groups is 5. The van der Waals surface area contributed by atoms with Gasteiger partial charge < -0.3 is 49.2 Å². The van der Waals surface area contributed by atoms with E-state index < -0.39 is 86.6 Å². The van der Waals surface area contributed by atoms with E-state index in [2.05, 4.69) is 30.1 Å². The van der Waals surface area contributed by atoms with Gasteiger partial charge in [0.2, 0.25) is 6.29 Å². The molecule has 0 aromatic heterocycles. The Bertz CT molecular complexity index is 1360. The summed E-state index contributed by atoms with van der Waals surface area (Å²) in [5.41, 5.74) is 0.279. The molecule has 2 fully saturated rings. The SMILES string of the molecule is CCCCCCCCCCCCCCCCCC[C@H](C)C[C@H](C)/C=C(\C)C(=O)OC1C(O)C(CO)OC(OC2OC(CO)C(O)C(O)C2OSOOO)C1OC(=O)CCCCCCCCCCCCCCC.